The minimum atomic E-state index is -0.664. The smallest absolute Gasteiger partial charge is 0.242 e. The van der Waals surface area contributed by atoms with Gasteiger partial charge in [0.1, 0.15) is 6.04 Å². The standard InChI is InChI=1S/C27H36Cl2N2O4/c1-6-18(4)30-27(33)19(5)31(17-21-11-12-22(28)16-23(21)29)26(32)14-10-20-9-13-24(34-7-2)25(15-20)35-8-3/h9,11-13,15-16,18-19H,6-8,10,14,17H2,1-5H3,(H,30,33). The van der Waals surface area contributed by atoms with Crippen LogP contribution in [-0.4, -0.2) is 42.0 Å². The zero-order valence-electron chi connectivity index (χ0n) is 21.2. The molecule has 2 unspecified atom stereocenters. The SMILES string of the molecule is CCOc1ccc(CCC(=O)N(Cc2ccc(Cl)cc2Cl)C(C)C(=O)NC(C)CC)cc1OCC. The molecule has 0 bridgehead atoms. The van der Waals surface area contributed by atoms with Gasteiger partial charge < -0.3 is 19.7 Å². The van der Waals surface area contributed by atoms with Crippen LogP contribution in [0.3, 0.4) is 0 Å². The Balaban J connectivity index is 2.22. The Labute approximate surface area is 218 Å². The Hall–Kier alpha value is -2.44. The Morgan fingerprint density at radius 3 is 2.29 bits per heavy atom. The number of ether oxygens (including phenoxy) is 2. The highest BCUT2D eigenvalue weighted by Gasteiger charge is 2.27. The summed E-state index contributed by atoms with van der Waals surface area (Å²) in [5.74, 6) is 0.997. The van der Waals surface area contributed by atoms with E-state index in [1.807, 2.05) is 45.9 Å². The van der Waals surface area contributed by atoms with Crippen LogP contribution >= 0.6 is 23.2 Å². The summed E-state index contributed by atoms with van der Waals surface area (Å²) in [6.07, 6.45) is 1.52. The van der Waals surface area contributed by atoms with E-state index in [9.17, 15) is 9.59 Å². The van der Waals surface area contributed by atoms with Crippen molar-refractivity contribution in [3.05, 3.63) is 57.6 Å². The summed E-state index contributed by atoms with van der Waals surface area (Å²) in [5, 5.41) is 3.94. The summed E-state index contributed by atoms with van der Waals surface area (Å²) in [7, 11) is 0. The molecule has 2 aromatic carbocycles. The van der Waals surface area contributed by atoms with Crippen molar-refractivity contribution < 1.29 is 19.1 Å². The lowest BCUT2D eigenvalue weighted by molar-refractivity contribution is -0.140. The number of rotatable bonds is 13. The second kappa shape index (κ2) is 14.2. The van der Waals surface area contributed by atoms with Gasteiger partial charge in [0.2, 0.25) is 11.8 Å². The fourth-order valence-electron chi connectivity index (χ4n) is 3.53. The van der Waals surface area contributed by atoms with Gasteiger partial charge in [-0.3, -0.25) is 9.59 Å². The van der Waals surface area contributed by atoms with Crippen LogP contribution in [0, 0.1) is 0 Å². The first kappa shape index (κ1) is 28.8. The summed E-state index contributed by atoms with van der Waals surface area (Å²) in [5.41, 5.74) is 1.68. The molecule has 6 nitrogen and oxygen atoms in total. The molecule has 0 radical (unpaired) electrons. The molecule has 35 heavy (non-hydrogen) atoms. The lowest BCUT2D eigenvalue weighted by atomic mass is 10.1. The summed E-state index contributed by atoms with van der Waals surface area (Å²) in [6.45, 7) is 10.8. The Morgan fingerprint density at radius 2 is 1.66 bits per heavy atom. The topological polar surface area (TPSA) is 67.9 Å². The van der Waals surface area contributed by atoms with E-state index in [0.29, 0.717) is 41.2 Å². The van der Waals surface area contributed by atoms with Gasteiger partial charge in [0.05, 0.1) is 13.2 Å². The van der Waals surface area contributed by atoms with Crippen molar-refractivity contribution in [2.75, 3.05) is 13.2 Å². The molecule has 0 aliphatic heterocycles. The van der Waals surface area contributed by atoms with Crippen LogP contribution in [0.15, 0.2) is 36.4 Å². The number of carbonyl (C=O) groups is 2. The molecule has 0 heterocycles. The van der Waals surface area contributed by atoms with Crippen molar-refractivity contribution in [3.8, 4) is 11.5 Å². The zero-order valence-corrected chi connectivity index (χ0v) is 22.7. The molecule has 0 aliphatic carbocycles. The molecular formula is C27H36Cl2N2O4. The van der Waals surface area contributed by atoms with E-state index in [1.54, 1.807) is 30.0 Å². The van der Waals surface area contributed by atoms with E-state index >= 15 is 0 Å². The van der Waals surface area contributed by atoms with Gasteiger partial charge in [-0.15, -0.1) is 0 Å². The van der Waals surface area contributed by atoms with E-state index in [2.05, 4.69) is 5.32 Å². The molecule has 0 aromatic heterocycles. The molecule has 1 N–H and O–H groups in total. The van der Waals surface area contributed by atoms with Crippen LogP contribution in [-0.2, 0) is 22.6 Å². The van der Waals surface area contributed by atoms with Gasteiger partial charge in [-0.05, 0) is 75.9 Å². The van der Waals surface area contributed by atoms with Crippen LogP contribution in [0.25, 0.3) is 0 Å². The van der Waals surface area contributed by atoms with E-state index in [1.165, 1.54) is 0 Å². The average Bonchev–Trinajstić information content (AvgIpc) is 2.83. The molecule has 8 heteroatoms. The average molecular weight is 524 g/mol. The van der Waals surface area contributed by atoms with E-state index in [4.69, 9.17) is 32.7 Å². The highest BCUT2D eigenvalue weighted by molar-refractivity contribution is 6.35. The van der Waals surface area contributed by atoms with Crippen LogP contribution < -0.4 is 14.8 Å². The van der Waals surface area contributed by atoms with Gasteiger partial charge in [-0.1, -0.05) is 42.3 Å². The van der Waals surface area contributed by atoms with Gasteiger partial charge in [0.15, 0.2) is 11.5 Å². The van der Waals surface area contributed by atoms with Crippen LogP contribution in [0.4, 0.5) is 0 Å². The van der Waals surface area contributed by atoms with Crippen LogP contribution in [0.5, 0.6) is 11.5 Å². The lowest BCUT2D eigenvalue weighted by Gasteiger charge is -2.30. The number of carbonyl (C=O) groups excluding carboxylic acids is 2. The Kier molecular flexibility index (Phi) is 11.7. The Bertz CT molecular complexity index is 999. The quantitative estimate of drug-likeness (QED) is 0.347. The molecule has 2 rings (SSSR count). The number of aryl methyl sites for hydroxylation is 1. The van der Waals surface area contributed by atoms with Crippen LogP contribution in [0.2, 0.25) is 10.0 Å². The van der Waals surface area contributed by atoms with E-state index in [0.717, 1.165) is 17.5 Å². The maximum atomic E-state index is 13.4. The molecule has 0 spiro atoms. The second-order valence-corrected chi connectivity index (χ2v) is 9.24. The summed E-state index contributed by atoms with van der Waals surface area (Å²) < 4.78 is 11.3. The molecule has 2 atom stereocenters. The van der Waals surface area contributed by atoms with Crippen molar-refractivity contribution in [1.82, 2.24) is 10.2 Å². The predicted molar refractivity (Wildman–Crippen MR) is 141 cm³/mol. The molecule has 192 valence electrons. The first-order valence-electron chi connectivity index (χ1n) is 12.1. The number of hydrogen-bond donors (Lipinski definition) is 1. The van der Waals surface area contributed by atoms with Crippen molar-refractivity contribution in [2.45, 2.75) is 72.5 Å². The first-order chi connectivity index (χ1) is 16.7. The predicted octanol–water partition coefficient (Wildman–Crippen LogP) is 6.06. The third-order valence-electron chi connectivity index (χ3n) is 5.76. The second-order valence-electron chi connectivity index (χ2n) is 8.40. The van der Waals surface area contributed by atoms with E-state index in [-0.39, 0.29) is 30.8 Å². The third kappa shape index (κ3) is 8.62. The monoisotopic (exact) mass is 522 g/mol. The number of amides is 2. The number of hydrogen-bond acceptors (Lipinski definition) is 4. The Morgan fingerprint density at radius 1 is 0.971 bits per heavy atom. The van der Waals surface area contributed by atoms with Gasteiger partial charge in [-0.2, -0.15) is 0 Å². The van der Waals surface area contributed by atoms with Crippen molar-refractivity contribution in [3.63, 3.8) is 0 Å². The molecule has 0 saturated carbocycles. The van der Waals surface area contributed by atoms with Gasteiger partial charge in [0.25, 0.3) is 0 Å². The third-order valence-corrected chi connectivity index (χ3v) is 6.35. The summed E-state index contributed by atoms with van der Waals surface area (Å²) in [6, 6.07) is 10.2. The molecule has 0 saturated heterocycles. The minimum absolute atomic E-state index is 0.0156. The van der Waals surface area contributed by atoms with E-state index < -0.39 is 6.04 Å². The van der Waals surface area contributed by atoms with Crippen molar-refractivity contribution in [2.24, 2.45) is 0 Å². The normalized spacial score (nSPS) is 12.5. The lowest BCUT2D eigenvalue weighted by Crippen LogP contribution is -2.49. The first-order valence-corrected chi connectivity index (χ1v) is 12.9. The maximum Gasteiger partial charge on any atom is 0.242 e. The molecular weight excluding hydrogens is 487 g/mol. The van der Waals surface area contributed by atoms with Gasteiger partial charge in [-0.25, -0.2) is 0 Å². The number of nitrogens with one attached hydrogen (secondary N) is 1. The summed E-state index contributed by atoms with van der Waals surface area (Å²) in [4.78, 5) is 27.9. The van der Waals surface area contributed by atoms with Gasteiger partial charge in [0, 0.05) is 29.1 Å². The fraction of sp³-hybridized carbons (Fsp3) is 0.481. The van der Waals surface area contributed by atoms with Crippen molar-refractivity contribution >= 4 is 35.0 Å². The zero-order chi connectivity index (χ0) is 26.0. The highest BCUT2D eigenvalue weighted by atomic mass is 35.5. The molecule has 0 fully saturated rings. The minimum Gasteiger partial charge on any atom is -0.490 e. The molecule has 2 aromatic rings. The fourth-order valence-corrected chi connectivity index (χ4v) is 4.00. The highest BCUT2D eigenvalue weighted by Crippen LogP contribution is 2.29. The number of benzene rings is 2. The number of nitrogens with zero attached hydrogens (tertiary/aromatic N) is 1. The largest absolute Gasteiger partial charge is 0.490 e. The van der Waals surface area contributed by atoms with Crippen molar-refractivity contribution in [1.29, 1.82) is 0 Å². The maximum absolute atomic E-state index is 13.4. The molecule has 2 amide bonds. The molecule has 0 aliphatic rings. The number of halogens is 2. The van der Waals surface area contributed by atoms with Gasteiger partial charge >= 0.3 is 0 Å². The summed E-state index contributed by atoms with van der Waals surface area (Å²) >= 11 is 12.4. The van der Waals surface area contributed by atoms with Crippen LogP contribution in [0.1, 0.15) is 58.6 Å².